The Labute approximate surface area is 297 Å². The van der Waals surface area contributed by atoms with Crippen LogP contribution in [0.25, 0.3) is 5.32 Å². The quantitative estimate of drug-likeness (QED) is 0.0907. The normalized spacial score (nSPS) is 12.7. The average molecular weight is 662 g/mol. The Morgan fingerprint density at radius 1 is 1.07 bits per heavy atom. The maximum absolute atomic E-state index is 12.9. The number of para-hydroxylation sites is 1. The number of aliphatic imine (C=N–C) groups is 1. The fourth-order valence-corrected chi connectivity index (χ4v) is 5.35. The van der Waals surface area contributed by atoms with E-state index in [1.54, 1.807) is 32.1 Å². The second-order valence-corrected chi connectivity index (χ2v) is 11.1. The number of nitrogens with one attached hydrogen (secondary N) is 2. The summed E-state index contributed by atoms with van der Waals surface area (Å²) in [5.41, 5.74) is 12.2. The fraction of sp³-hybridized carbons (Fsp3) is 0.300. The van der Waals surface area contributed by atoms with Crippen molar-refractivity contribution in [2.45, 2.75) is 25.2 Å². The number of carbonyl (C=O) groups excluding carboxylic acids is 2. The van der Waals surface area contributed by atoms with Gasteiger partial charge in [-0.2, -0.15) is 0 Å². The van der Waals surface area contributed by atoms with E-state index < -0.39 is 0 Å². The molecule has 1 fully saturated rings. The molecule has 0 atom stereocenters. The van der Waals surface area contributed by atoms with E-state index >= 15 is 0 Å². The SMILES string of the molecule is CNC(=O)C(=Nc1ccc(Br)cc1)c1cc(C2CC2)c(N(CCC[N-]c2ccccc2C(=O)NC)SC)cc1N.[K+]. The Hall–Kier alpha value is -1.86. The number of rotatable bonds is 12. The van der Waals surface area contributed by atoms with Crippen molar-refractivity contribution in [2.24, 2.45) is 4.99 Å². The van der Waals surface area contributed by atoms with Crippen molar-refractivity contribution in [2.75, 3.05) is 43.5 Å². The van der Waals surface area contributed by atoms with Crippen LogP contribution in [0.5, 0.6) is 0 Å². The maximum atomic E-state index is 12.9. The van der Waals surface area contributed by atoms with Gasteiger partial charge in [-0.3, -0.25) is 9.59 Å². The number of nitrogens with two attached hydrogens (primary N) is 1. The summed E-state index contributed by atoms with van der Waals surface area (Å²) in [4.78, 5) is 29.8. The molecule has 2 amide bonds. The monoisotopic (exact) mass is 660 g/mol. The molecule has 0 radical (unpaired) electrons. The molecule has 0 aromatic heterocycles. The molecule has 0 heterocycles. The van der Waals surface area contributed by atoms with E-state index in [0.29, 0.717) is 46.4 Å². The van der Waals surface area contributed by atoms with Gasteiger partial charge in [-0.15, -0.1) is 12.2 Å². The van der Waals surface area contributed by atoms with Gasteiger partial charge in [0.2, 0.25) is 5.91 Å². The van der Waals surface area contributed by atoms with Gasteiger partial charge in [0.1, 0.15) is 5.71 Å². The molecule has 1 saturated carbocycles. The molecule has 0 spiro atoms. The Bertz CT molecular complexity index is 1400. The minimum atomic E-state index is -0.288. The summed E-state index contributed by atoms with van der Waals surface area (Å²) in [5.74, 6) is -0.00856. The van der Waals surface area contributed by atoms with Gasteiger partial charge >= 0.3 is 51.4 Å². The molecule has 8 nitrogen and oxygen atoms in total. The summed E-state index contributed by atoms with van der Waals surface area (Å²) >= 11 is 5.08. The predicted molar refractivity (Wildman–Crippen MR) is 170 cm³/mol. The minimum absolute atomic E-state index is 0. The predicted octanol–water partition coefficient (Wildman–Crippen LogP) is 3.32. The number of carbonyl (C=O) groups is 2. The molecule has 0 bridgehead atoms. The summed E-state index contributed by atoms with van der Waals surface area (Å²) in [7, 11) is 3.22. The van der Waals surface area contributed by atoms with Crippen molar-refractivity contribution in [3.8, 4) is 0 Å². The third kappa shape index (κ3) is 8.82. The van der Waals surface area contributed by atoms with Crippen LogP contribution in [-0.4, -0.2) is 51.0 Å². The average Bonchev–Trinajstić information content (AvgIpc) is 3.82. The summed E-state index contributed by atoms with van der Waals surface area (Å²) in [6, 6.07) is 18.9. The molecule has 4 rings (SSSR count). The van der Waals surface area contributed by atoms with Crippen LogP contribution < -0.4 is 72.1 Å². The number of amides is 2. The first kappa shape index (κ1) is 33.6. The van der Waals surface area contributed by atoms with E-state index in [2.05, 4.69) is 41.2 Å². The van der Waals surface area contributed by atoms with E-state index in [-0.39, 0.29) is 63.2 Å². The van der Waals surface area contributed by atoms with Crippen molar-refractivity contribution in [1.29, 1.82) is 0 Å². The van der Waals surface area contributed by atoms with E-state index in [9.17, 15) is 9.59 Å². The first-order chi connectivity index (χ1) is 19.4. The van der Waals surface area contributed by atoms with Crippen LogP contribution in [0, 0.1) is 0 Å². The van der Waals surface area contributed by atoms with E-state index in [1.807, 2.05) is 60.9 Å². The molecule has 1 aliphatic rings. The number of nitrogen functional groups attached to an aromatic ring is 1. The van der Waals surface area contributed by atoms with E-state index in [0.717, 1.165) is 36.0 Å². The molecular weight excluding hydrogens is 627 g/mol. The number of likely N-dealkylation sites (N-methyl/N-ethyl adjacent to an activating group) is 1. The van der Waals surface area contributed by atoms with Crippen molar-refractivity contribution in [3.63, 3.8) is 0 Å². The maximum Gasteiger partial charge on any atom is 1.00 e. The zero-order valence-corrected chi connectivity index (χ0v) is 29.4. The first-order valence-corrected chi connectivity index (χ1v) is 15.1. The van der Waals surface area contributed by atoms with Gasteiger partial charge in [-0.05, 0) is 60.7 Å². The molecular formula is C30H34BrKN6O2S. The first-order valence-electron chi connectivity index (χ1n) is 13.2. The Morgan fingerprint density at radius 2 is 1.78 bits per heavy atom. The summed E-state index contributed by atoms with van der Waals surface area (Å²) in [5, 5.41) is 10.1. The molecule has 0 unspecified atom stereocenters. The summed E-state index contributed by atoms with van der Waals surface area (Å²) < 4.78 is 3.17. The van der Waals surface area contributed by atoms with Gasteiger partial charge in [0, 0.05) is 48.2 Å². The third-order valence-electron chi connectivity index (χ3n) is 6.65. The van der Waals surface area contributed by atoms with Crippen LogP contribution >= 0.6 is 27.9 Å². The molecule has 0 aliphatic heterocycles. The minimum Gasteiger partial charge on any atom is -0.684 e. The molecule has 0 saturated heterocycles. The zero-order valence-electron chi connectivity index (χ0n) is 23.9. The smallest absolute Gasteiger partial charge is 0.684 e. The van der Waals surface area contributed by atoms with Gasteiger partial charge in [0.25, 0.3) is 5.91 Å². The van der Waals surface area contributed by atoms with Crippen LogP contribution in [0.4, 0.5) is 22.7 Å². The number of nitrogens with zero attached hydrogens (tertiary/aromatic N) is 3. The number of anilines is 2. The number of hydrogen-bond donors (Lipinski definition) is 3. The van der Waals surface area contributed by atoms with Crippen LogP contribution in [0.1, 0.15) is 46.7 Å². The van der Waals surface area contributed by atoms with Gasteiger partial charge in [0.05, 0.1) is 11.4 Å². The van der Waals surface area contributed by atoms with Gasteiger partial charge in [-0.1, -0.05) is 58.6 Å². The molecule has 1 aliphatic carbocycles. The van der Waals surface area contributed by atoms with Crippen molar-refractivity contribution in [1.82, 2.24) is 10.6 Å². The van der Waals surface area contributed by atoms with E-state index in [1.165, 1.54) is 5.56 Å². The number of benzene rings is 3. The van der Waals surface area contributed by atoms with Crippen LogP contribution in [0.2, 0.25) is 0 Å². The van der Waals surface area contributed by atoms with Gasteiger partial charge in [-0.25, -0.2) is 4.99 Å². The Balaban J connectivity index is 0.00000462. The summed E-state index contributed by atoms with van der Waals surface area (Å²) in [6.45, 7) is 1.33. The molecule has 210 valence electrons. The number of halogens is 1. The topological polar surface area (TPSA) is 114 Å². The second kappa shape index (κ2) is 16.1. The van der Waals surface area contributed by atoms with Gasteiger partial charge in [0.15, 0.2) is 0 Å². The largest absolute Gasteiger partial charge is 1.00 e. The molecule has 3 aromatic rings. The molecule has 11 heteroatoms. The van der Waals surface area contributed by atoms with Crippen molar-refractivity contribution in [3.05, 3.63) is 87.1 Å². The Morgan fingerprint density at radius 3 is 2.41 bits per heavy atom. The van der Waals surface area contributed by atoms with Gasteiger partial charge < -0.3 is 26.0 Å². The van der Waals surface area contributed by atoms with Crippen molar-refractivity contribution < 1.29 is 61.0 Å². The zero-order chi connectivity index (χ0) is 28.6. The van der Waals surface area contributed by atoms with Crippen molar-refractivity contribution >= 4 is 68.2 Å². The standard InChI is InChI=1S/C30H35BrN6O2S.K/c1-33-29(38)22-7-4-5-8-26(22)35-15-6-16-37(40-3)27-18-25(32)24(17-23(27)19-9-10-19)28(30(39)34-2)36-21-13-11-20(31)12-14-21;/h4-5,7-8,11-14,17-19H,6,9-10,15-16H2,1-3H3,(H5,32,33,34,35,36,38,39);/q;+1/p-1. The number of hydrogen-bond acceptors (Lipinski definition) is 6. The molecule has 4 N–H and O–H groups in total. The second-order valence-electron chi connectivity index (χ2n) is 9.40. The van der Waals surface area contributed by atoms with Crippen LogP contribution in [-0.2, 0) is 4.79 Å². The molecule has 3 aromatic carbocycles. The fourth-order valence-electron chi connectivity index (χ4n) is 4.42. The van der Waals surface area contributed by atoms with E-state index in [4.69, 9.17) is 5.73 Å². The van der Waals surface area contributed by atoms with Crippen LogP contribution in [0.3, 0.4) is 0 Å². The summed E-state index contributed by atoms with van der Waals surface area (Å²) in [6.07, 6.45) is 5.04. The third-order valence-corrected chi connectivity index (χ3v) is 8.00. The Kier molecular flexibility index (Phi) is 13.2. The molecule has 41 heavy (non-hydrogen) atoms. The van der Waals surface area contributed by atoms with Crippen LogP contribution in [0.15, 0.2) is 70.1 Å².